The highest BCUT2D eigenvalue weighted by Gasteiger charge is 2.30. The van der Waals surface area contributed by atoms with Gasteiger partial charge in [-0.1, -0.05) is 84.5 Å². The van der Waals surface area contributed by atoms with E-state index in [1.54, 1.807) is 0 Å². The van der Waals surface area contributed by atoms with Crippen molar-refractivity contribution in [2.75, 3.05) is 13.2 Å². The second kappa shape index (κ2) is 18.0. The topological polar surface area (TPSA) is 52.6 Å². The smallest absolute Gasteiger partial charge is 0.306 e. The van der Waals surface area contributed by atoms with Crippen LogP contribution in [-0.2, 0) is 19.1 Å². The molecule has 2 rings (SSSR count). The number of carbonyl (C=O) groups excluding carboxylic acids is 2. The highest BCUT2D eigenvalue weighted by Crippen LogP contribution is 2.37. The molecule has 4 heteroatoms. The number of ketones is 1. The monoisotopic (exact) mass is 476 g/mol. The summed E-state index contributed by atoms with van der Waals surface area (Å²) in [6.07, 6.45) is 21.6. The molecule has 34 heavy (non-hydrogen) atoms. The minimum absolute atomic E-state index is 0.0119. The van der Waals surface area contributed by atoms with Crippen molar-refractivity contribution in [3.05, 3.63) is 11.3 Å². The molecule has 0 aromatic carbocycles. The largest absolute Gasteiger partial charge is 0.498 e. The summed E-state index contributed by atoms with van der Waals surface area (Å²) in [6.45, 7) is 5.74. The summed E-state index contributed by atoms with van der Waals surface area (Å²) in [5.41, 5.74) is 1.40. The fourth-order valence-electron chi connectivity index (χ4n) is 4.75. The van der Waals surface area contributed by atoms with Crippen molar-refractivity contribution in [1.82, 2.24) is 0 Å². The van der Waals surface area contributed by atoms with Crippen LogP contribution in [0.25, 0.3) is 0 Å². The minimum atomic E-state index is -0.143. The molecule has 0 aromatic heterocycles. The van der Waals surface area contributed by atoms with Gasteiger partial charge in [0.25, 0.3) is 0 Å². The molecule has 1 atom stereocenters. The quantitative estimate of drug-likeness (QED) is 0.0893. The summed E-state index contributed by atoms with van der Waals surface area (Å²) in [6, 6.07) is 0. The second-order valence-electron chi connectivity index (χ2n) is 10.7. The third kappa shape index (κ3) is 13.0. The number of Topliss-reactive ketones (excluding diaryl/α,β-unsaturated/α-hetero) is 1. The molecule has 4 nitrogen and oxygen atoms in total. The predicted molar refractivity (Wildman–Crippen MR) is 140 cm³/mol. The van der Waals surface area contributed by atoms with Gasteiger partial charge in [0, 0.05) is 25.2 Å². The molecule has 0 saturated heterocycles. The van der Waals surface area contributed by atoms with Crippen LogP contribution in [0.4, 0.5) is 0 Å². The molecule has 0 N–H and O–H groups in total. The molecule has 1 unspecified atom stereocenters. The molecule has 2 fully saturated rings. The second-order valence-corrected chi connectivity index (χ2v) is 10.7. The predicted octanol–water partition coefficient (Wildman–Crippen LogP) is 8.47. The highest BCUT2D eigenvalue weighted by molar-refractivity contribution is 5.82. The van der Waals surface area contributed by atoms with E-state index in [-0.39, 0.29) is 17.8 Å². The normalized spacial score (nSPS) is 16.1. The summed E-state index contributed by atoms with van der Waals surface area (Å²) < 4.78 is 11.8. The van der Waals surface area contributed by atoms with Gasteiger partial charge in [-0.2, -0.15) is 0 Å². The van der Waals surface area contributed by atoms with E-state index in [2.05, 4.69) is 13.8 Å². The number of rotatable bonds is 22. The molecule has 196 valence electrons. The lowest BCUT2D eigenvalue weighted by molar-refractivity contribution is -0.145. The summed E-state index contributed by atoms with van der Waals surface area (Å²) >= 11 is 0. The Bertz CT molecular complexity index is 599. The first kappa shape index (κ1) is 28.9. The third-order valence-corrected chi connectivity index (χ3v) is 7.41. The zero-order chi connectivity index (χ0) is 24.4. The van der Waals surface area contributed by atoms with Crippen LogP contribution < -0.4 is 0 Å². The van der Waals surface area contributed by atoms with Crippen molar-refractivity contribution in [1.29, 1.82) is 0 Å². The molecular formula is C30H52O4. The van der Waals surface area contributed by atoms with Gasteiger partial charge in [-0.05, 0) is 50.0 Å². The van der Waals surface area contributed by atoms with E-state index in [0.717, 1.165) is 70.2 Å². The van der Waals surface area contributed by atoms with Crippen LogP contribution in [0.2, 0.25) is 0 Å². The van der Waals surface area contributed by atoms with Gasteiger partial charge in [0.15, 0.2) is 0 Å². The lowest BCUT2D eigenvalue weighted by Crippen LogP contribution is -2.25. The maximum Gasteiger partial charge on any atom is 0.306 e. The van der Waals surface area contributed by atoms with Crippen LogP contribution >= 0.6 is 0 Å². The van der Waals surface area contributed by atoms with Gasteiger partial charge in [0.2, 0.25) is 0 Å². The van der Waals surface area contributed by atoms with Gasteiger partial charge in [-0.15, -0.1) is 0 Å². The number of allylic oxidation sites excluding steroid dienone is 2. The Balaban J connectivity index is 1.76. The summed E-state index contributed by atoms with van der Waals surface area (Å²) in [5.74, 6) is 1.51. The minimum Gasteiger partial charge on any atom is -0.498 e. The van der Waals surface area contributed by atoms with Gasteiger partial charge >= 0.3 is 5.97 Å². The SMILES string of the molecule is CCCCCCCCOC(=O)CC(CC(=O)C1CCC1)CC(OCCCCCCCC)=C1CC1. The van der Waals surface area contributed by atoms with Gasteiger partial charge in [0.05, 0.1) is 19.0 Å². The van der Waals surface area contributed by atoms with E-state index in [1.165, 1.54) is 63.4 Å². The van der Waals surface area contributed by atoms with Gasteiger partial charge in [0.1, 0.15) is 5.78 Å². The van der Waals surface area contributed by atoms with Gasteiger partial charge in [-0.3, -0.25) is 9.59 Å². The molecule has 2 aliphatic rings. The molecule has 0 aromatic rings. The summed E-state index contributed by atoms with van der Waals surface area (Å²) in [7, 11) is 0. The number of esters is 1. The van der Waals surface area contributed by atoms with Crippen LogP contribution in [0, 0.1) is 11.8 Å². The summed E-state index contributed by atoms with van der Waals surface area (Å²) in [4.78, 5) is 25.3. The van der Waals surface area contributed by atoms with E-state index in [9.17, 15) is 9.59 Å². The van der Waals surface area contributed by atoms with E-state index >= 15 is 0 Å². The van der Waals surface area contributed by atoms with E-state index < -0.39 is 0 Å². The van der Waals surface area contributed by atoms with Crippen LogP contribution in [0.1, 0.15) is 142 Å². The Morgan fingerprint density at radius 3 is 1.82 bits per heavy atom. The van der Waals surface area contributed by atoms with E-state index in [1.807, 2.05) is 0 Å². The Labute approximate surface area is 209 Å². The van der Waals surface area contributed by atoms with Crippen molar-refractivity contribution in [3.8, 4) is 0 Å². The number of hydrogen-bond donors (Lipinski definition) is 0. The van der Waals surface area contributed by atoms with Crippen molar-refractivity contribution >= 4 is 11.8 Å². The van der Waals surface area contributed by atoms with Crippen LogP contribution in [0.5, 0.6) is 0 Å². The molecule has 0 heterocycles. The van der Waals surface area contributed by atoms with Gasteiger partial charge in [-0.25, -0.2) is 0 Å². The fraction of sp³-hybridized carbons (Fsp3) is 0.867. The molecule has 2 saturated carbocycles. The number of carbonyl (C=O) groups is 2. The molecular weight excluding hydrogens is 424 g/mol. The van der Waals surface area contributed by atoms with Crippen molar-refractivity contribution < 1.29 is 19.1 Å². The number of hydrogen-bond acceptors (Lipinski definition) is 4. The van der Waals surface area contributed by atoms with E-state index in [4.69, 9.17) is 9.47 Å². The lowest BCUT2D eigenvalue weighted by Gasteiger charge is -2.26. The molecule has 0 bridgehead atoms. The van der Waals surface area contributed by atoms with Gasteiger partial charge < -0.3 is 9.47 Å². The van der Waals surface area contributed by atoms with Crippen molar-refractivity contribution in [2.24, 2.45) is 11.8 Å². The first-order valence-electron chi connectivity index (χ1n) is 14.7. The average molecular weight is 477 g/mol. The number of ether oxygens (including phenoxy) is 2. The van der Waals surface area contributed by atoms with Crippen LogP contribution in [-0.4, -0.2) is 25.0 Å². The zero-order valence-corrected chi connectivity index (χ0v) is 22.3. The van der Waals surface area contributed by atoms with Crippen LogP contribution in [0.3, 0.4) is 0 Å². The standard InChI is InChI=1S/C30H52O4/c1-3-5-7-9-11-13-20-33-29(27-18-19-27)23-25(22-28(31)26-16-15-17-26)24-30(32)34-21-14-12-10-8-6-4-2/h25-26H,3-24H2,1-2H3. The van der Waals surface area contributed by atoms with E-state index in [0.29, 0.717) is 25.2 Å². The Hall–Kier alpha value is -1.32. The van der Waals surface area contributed by atoms with Crippen molar-refractivity contribution in [3.63, 3.8) is 0 Å². The first-order chi connectivity index (χ1) is 16.6. The molecule has 0 spiro atoms. The number of unbranched alkanes of at least 4 members (excludes halogenated alkanes) is 10. The average Bonchev–Trinajstić information content (AvgIpc) is 3.61. The lowest BCUT2D eigenvalue weighted by atomic mass is 9.78. The third-order valence-electron chi connectivity index (χ3n) is 7.41. The first-order valence-corrected chi connectivity index (χ1v) is 14.7. The Kier molecular flexibility index (Phi) is 15.3. The Morgan fingerprint density at radius 1 is 0.735 bits per heavy atom. The molecule has 0 amide bonds. The van der Waals surface area contributed by atoms with Crippen molar-refractivity contribution in [2.45, 2.75) is 142 Å². The van der Waals surface area contributed by atoms with Crippen LogP contribution in [0.15, 0.2) is 11.3 Å². The highest BCUT2D eigenvalue weighted by atomic mass is 16.5. The maximum absolute atomic E-state index is 12.7. The summed E-state index contributed by atoms with van der Waals surface area (Å²) in [5, 5.41) is 0. The zero-order valence-electron chi connectivity index (χ0n) is 22.3. The fourth-order valence-corrected chi connectivity index (χ4v) is 4.75. The molecule has 2 aliphatic carbocycles. The Morgan fingerprint density at radius 2 is 1.29 bits per heavy atom. The molecule has 0 radical (unpaired) electrons. The molecule has 0 aliphatic heterocycles. The maximum atomic E-state index is 12.7.